The van der Waals surface area contributed by atoms with Crippen molar-refractivity contribution in [3.63, 3.8) is 0 Å². The van der Waals surface area contributed by atoms with Crippen molar-refractivity contribution in [1.82, 2.24) is 5.32 Å². The number of cyclic esters (lactones) is 1. The SMILES string of the molecule is CC(C)(C)OC(=O)Nc1ccc(F)cc1C1COC(=O)N1. The molecule has 0 aromatic heterocycles. The van der Waals surface area contributed by atoms with Crippen LogP contribution in [0.1, 0.15) is 32.4 Å². The Morgan fingerprint density at radius 2 is 2.19 bits per heavy atom. The number of hydrogen-bond donors (Lipinski definition) is 2. The third-order valence-corrected chi connectivity index (χ3v) is 2.70. The van der Waals surface area contributed by atoms with Gasteiger partial charge in [0.15, 0.2) is 0 Å². The Kier molecular flexibility index (Phi) is 4.02. The summed E-state index contributed by atoms with van der Waals surface area (Å²) in [5.41, 5.74) is 0.141. The predicted octanol–water partition coefficient (Wildman–Crippen LogP) is 2.95. The quantitative estimate of drug-likeness (QED) is 0.879. The molecule has 2 amide bonds. The molecular weight excluding hydrogens is 279 g/mol. The second-order valence-electron chi connectivity index (χ2n) is 5.65. The molecular formula is C14H17FN2O4. The fourth-order valence-electron chi connectivity index (χ4n) is 1.90. The number of amides is 2. The smallest absolute Gasteiger partial charge is 0.412 e. The highest BCUT2D eigenvalue weighted by atomic mass is 19.1. The van der Waals surface area contributed by atoms with Crippen LogP contribution in [0.2, 0.25) is 0 Å². The lowest BCUT2D eigenvalue weighted by Gasteiger charge is -2.21. The fraction of sp³-hybridized carbons (Fsp3) is 0.429. The number of hydrogen-bond acceptors (Lipinski definition) is 4. The molecule has 7 heteroatoms. The van der Waals surface area contributed by atoms with Gasteiger partial charge >= 0.3 is 12.2 Å². The molecule has 2 rings (SSSR count). The van der Waals surface area contributed by atoms with Gasteiger partial charge in [0.1, 0.15) is 18.0 Å². The first kappa shape index (κ1) is 15.1. The molecule has 1 unspecified atom stereocenters. The first-order valence-electron chi connectivity index (χ1n) is 6.47. The lowest BCUT2D eigenvalue weighted by Crippen LogP contribution is -2.28. The van der Waals surface area contributed by atoms with E-state index in [0.29, 0.717) is 11.3 Å². The van der Waals surface area contributed by atoms with Gasteiger partial charge in [-0.25, -0.2) is 14.0 Å². The molecule has 21 heavy (non-hydrogen) atoms. The molecule has 1 aliphatic heterocycles. The molecule has 1 saturated heterocycles. The van der Waals surface area contributed by atoms with Gasteiger partial charge in [-0.05, 0) is 39.0 Å². The Balaban J connectivity index is 2.19. The van der Waals surface area contributed by atoms with Crippen LogP contribution in [-0.2, 0) is 9.47 Å². The second-order valence-corrected chi connectivity index (χ2v) is 5.65. The number of halogens is 1. The number of carbonyl (C=O) groups excluding carboxylic acids is 2. The van der Waals surface area contributed by atoms with E-state index >= 15 is 0 Å². The van der Waals surface area contributed by atoms with Gasteiger partial charge in [0.25, 0.3) is 0 Å². The molecule has 6 nitrogen and oxygen atoms in total. The molecule has 0 bridgehead atoms. The first-order valence-corrected chi connectivity index (χ1v) is 6.47. The van der Waals surface area contributed by atoms with E-state index in [1.807, 2.05) is 0 Å². The van der Waals surface area contributed by atoms with Gasteiger partial charge in [-0.3, -0.25) is 5.32 Å². The lowest BCUT2D eigenvalue weighted by molar-refractivity contribution is 0.0635. The van der Waals surface area contributed by atoms with Crippen molar-refractivity contribution >= 4 is 17.9 Å². The molecule has 1 aromatic rings. The number of rotatable bonds is 2. The van der Waals surface area contributed by atoms with Crippen LogP contribution in [0, 0.1) is 5.82 Å². The zero-order valence-corrected chi connectivity index (χ0v) is 12.0. The highest BCUT2D eigenvalue weighted by molar-refractivity contribution is 5.86. The summed E-state index contributed by atoms with van der Waals surface area (Å²) >= 11 is 0. The third-order valence-electron chi connectivity index (χ3n) is 2.70. The zero-order valence-electron chi connectivity index (χ0n) is 12.0. The number of ether oxygens (including phenoxy) is 2. The minimum atomic E-state index is -0.652. The van der Waals surface area contributed by atoms with Crippen molar-refractivity contribution in [1.29, 1.82) is 0 Å². The summed E-state index contributed by atoms with van der Waals surface area (Å²) in [6.07, 6.45) is -1.23. The van der Waals surface area contributed by atoms with Crippen molar-refractivity contribution in [2.24, 2.45) is 0 Å². The van der Waals surface area contributed by atoms with Crippen molar-refractivity contribution in [2.45, 2.75) is 32.4 Å². The number of alkyl carbamates (subject to hydrolysis) is 1. The molecule has 2 N–H and O–H groups in total. The third kappa shape index (κ3) is 4.08. The summed E-state index contributed by atoms with van der Waals surface area (Å²) in [6.45, 7) is 5.29. The van der Waals surface area contributed by atoms with E-state index in [4.69, 9.17) is 9.47 Å². The van der Waals surface area contributed by atoms with Gasteiger partial charge in [0.2, 0.25) is 0 Å². The lowest BCUT2D eigenvalue weighted by atomic mass is 10.1. The van der Waals surface area contributed by atoms with Crippen molar-refractivity contribution in [3.05, 3.63) is 29.6 Å². The Morgan fingerprint density at radius 3 is 2.76 bits per heavy atom. The van der Waals surface area contributed by atoms with Gasteiger partial charge < -0.3 is 14.8 Å². The van der Waals surface area contributed by atoms with Crippen LogP contribution in [0.5, 0.6) is 0 Å². The molecule has 1 aliphatic rings. The fourth-order valence-corrected chi connectivity index (χ4v) is 1.90. The van der Waals surface area contributed by atoms with Gasteiger partial charge in [-0.1, -0.05) is 0 Å². The number of benzene rings is 1. The second kappa shape index (κ2) is 5.59. The van der Waals surface area contributed by atoms with Crippen LogP contribution in [0.15, 0.2) is 18.2 Å². The Hall–Kier alpha value is -2.31. The van der Waals surface area contributed by atoms with E-state index in [-0.39, 0.29) is 6.61 Å². The van der Waals surface area contributed by atoms with Crippen molar-refractivity contribution < 1.29 is 23.5 Å². The zero-order chi connectivity index (χ0) is 15.6. The molecule has 0 spiro atoms. The van der Waals surface area contributed by atoms with Crippen LogP contribution < -0.4 is 10.6 Å². The van der Waals surface area contributed by atoms with Crippen molar-refractivity contribution in [2.75, 3.05) is 11.9 Å². The molecule has 0 aliphatic carbocycles. The van der Waals surface area contributed by atoms with E-state index in [9.17, 15) is 14.0 Å². The molecule has 1 heterocycles. The summed E-state index contributed by atoms with van der Waals surface area (Å²) < 4.78 is 23.3. The minimum absolute atomic E-state index is 0.0747. The number of anilines is 1. The molecule has 1 atom stereocenters. The molecule has 0 radical (unpaired) electrons. The summed E-state index contributed by atoms with van der Waals surface area (Å²) in [5, 5.41) is 5.09. The van der Waals surface area contributed by atoms with Crippen LogP contribution in [-0.4, -0.2) is 24.4 Å². The number of carbonyl (C=O) groups is 2. The van der Waals surface area contributed by atoms with Crippen LogP contribution in [0.4, 0.5) is 19.7 Å². The molecule has 0 saturated carbocycles. The number of nitrogens with one attached hydrogen (secondary N) is 2. The summed E-state index contributed by atoms with van der Waals surface area (Å²) in [7, 11) is 0. The summed E-state index contributed by atoms with van der Waals surface area (Å²) in [6, 6.07) is 3.36. The van der Waals surface area contributed by atoms with E-state index in [1.165, 1.54) is 18.2 Å². The maximum atomic E-state index is 13.4. The average Bonchev–Trinajstić information content (AvgIpc) is 2.75. The average molecular weight is 296 g/mol. The van der Waals surface area contributed by atoms with Gasteiger partial charge in [0.05, 0.1) is 6.04 Å². The van der Waals surface area contributed by atoms with Crippen LogP contribution >= 0.6 is 0 Å². The van der Waals surface area contributed by atoms with Crippen LogP contribution in [0.3, 0.4) is 0 Å². The predicted molar refractivity (Wildman–Crippen MR) is 73.5 cm³/mol. The van der Waals surface area contributed by atoms with E-state index in [1.54, 1.807) is 20.8 Å². The monoisotopic (exact) mass is 296 g/mol. The minimum Gasteiger partial charge on any atom is -0.447 e. The van der Waals surface area contributed by atoms with Gasteiger partial charge in [-0.2, -0.15) is 0 Å². The Bertz CT molecular complexity index is 569. The van der Waals surface area contributed by atoms with Gasteiger partial charge in [-0.15, -0.1) is 0 Å². The van der Waals surface area contributed by atoms with E-state index in [2.05, 4.69) is 10.6 Å². The van der Waals surface area contributed by atoms with E-state index in [0.717, 1.165) is 0 Å². The molecule has 114 valence electrons. The first-order chi connectivity index (χ1) is 9.74. The highest BCUT2D eigenvalue weighted by Gasteiger charge is 2.27. The highest BCUT2D eigenvalue weighted by Crippen LogP contribution is 2.27. The Labute approximate surface area is 121 Å². The summed E-state index contributed by atoms with van der Waals surface area (Å²) in [5.74, 6) is -0.471. The maximum Gasteiger partial charge on any atom is 0.412 e. The molecule has 1 fully saturated rings. The maximum absolute atomic E-state index is 13.4. The van der Waals surface area contributed by atoms with Gasteiger partial charge in [0, 0.05) is 11.3 Å². The standard InChI is InChI=1S/C14H17FN2O4/c1-14(2,3)21-13(19)16-10-5-4-8(15)6-9(10)11-7-20-12(18)17-11/h4-6,11H,7H2,1-3H3,(H,16,19)(H,17,18). The van der Waals surface area contributed by atoms with Crippen LogP contribution in [0.25, 0.3) is 0 Å². The van der Waals surface area contributed by atoms with E-state index < -0.39 is 29.6 Å². The molecule has 1 aromatic carbocycles. The summed E-state index contributed by atoms with van der Waals surface area (Å²) in [4.78, 5) is 22.9. The Morgan fingerprint density at radius 1 is 1.48 bits per heavy atom. The topological polar surface area (TPSA) is 76.7 Å². The van der Waals surface area contributed by atoms with Crippen molar-refractivity contribution in [3.8, 4) is 0 Å². The largest absolute Gasteiger partial charge is 0.447 e. The normalized spacial score (nSPS) is 17.9.